The second-order valence-electron chi connectivity index (χ2n) is 6.53. The number of aromatic nitrogens is 2. The topological polar surface area (TPSA) is 75.2 Å². The first kappa shape index (κ1) is 20.2. The molecule has 3 aromatic rings. The molecule has 0 bridgehead atoms. The predicted molar refractivity (Wildman–Crippen MR) is 113 cm³/mol. The third-order valence-corrected chi connectivity index (χ3v) is 5.81. The van der Waals surface area contributed by atoms with Crippen LogP contribution in [0, 0.1) is 13.8 Å². The molecule has 1 aromatic carbocycles. The average Bonchev–Trinajstić information content (AvgIpc) is 2.99. The number of nitrogens with one attached hydrogen (secondary N) is 1. The summed E-state index contributed by atoms with van der Waals surface area (Å²) in [7, 11) is 1.61. The molecule has 0 saturated carbocycles. The third-order valence-electron chi connectivity index (χ3n) is 4.38. The van der Waals surface area contributed by atoms with E-state index in [1.54, 1.807) is 31.3 Å². The van der Waals surface area contributed by atoms with Crippen LogP contribution in [0.3, 0.4) is 0 Å². The van der Waals surface area contributed by atoms with E-state index in [0.717, 1.165) is 33.7 Å². The number of hydrogen-bond donors (Lipinski definition) is 1. The molecule has 0 aliphatic heterocycles. The summed E-state index contributed by atoms with van der Waals surface area (Å²) in [5.41, 5.74) is 2.36. The van der Waals surface area contributed by atoms with Crippen molar-refractivity contribution in [3.05, 3.63) is 51.2 Å². The largest absolute Gasteiger partial charge is 0.332 e. The Bertz CT molecular complexity index is 1050. The Hall–Kier alpha value is -2.51. The molecule has 3 rings (SSSR count). The average molecular weight is 417 g/mol. The molecule has 2 aromatic heterocycles. The summed E-state index contributed by atoms with van der Waals surface area (Å²) < 4.78 is 0. The van der Waals surface area contributed by atoms with E-state index in [9.17, 15) is 9.59 Å². The molecule has 28 heavy (non-hydrogen) atoms. The Kier molecular flexibility index (Phi) is 5.96. The lowest BCUT2D eigenvalue weighted by atomic mass is 10.1. The predicted octanol–water partition coefficient (Wildman–Crippen LogP) is 4.23. The van der Waals surface area contributed by atoms with E-state index in [4.69, 9.17) is 11.6 Å². The molecule has 2 amide bonds. The van der Waals surface area contributed by atoms with Crippen molar-refractivity contribution in [3.8, 4) is 0 Å². The van der Waals surface area contributed by atoms with E-state index in [1.165, 1.54) is 16.2 Å². The van der Waals surface area contributed by atoms with Gasteiger partial charge in [-0.3, -0.25) is 9.59 Å². The summed E-state index contributed by atoms with van der Waals surface area (Å²) in [5, 5.41) is 4.27. The standard InChI is InChI=1S/C20H21ClN4O2S/c1-5-15-22-12(3)17-11(2)18(28-19(17)24-15)20(27)25(4)10-16(26)23-14-8-6-13(21)7-9-14/h6-9H,5,10H2,1-4H3,(H,23,26). The molecule has 146 valence electrons. The number of rotatable bonds is 5. The van der Waals surface area contributed by atoms with Crippen molar-refractivity contribution in [3.63, 3.8) is 0 Å². The maximum Gasteiger partial charge on any atom is 0.264 e. The number of benzene rings is 1. The highest BCUT2D eigenvalue weighted by Gasteiger charge is 2.22. The molecule has 6 nitrogen and oxygen atoms in total. The van der Waals surface area contributed by atoms with Gasteiger partial charge >= 0.3 is 0 Å². The first-order valence-electron chi connectivity index (χ1n) is 8.87. The van der Waals surface area contributed by atoms with Gasteiger partial charge in [-0.2, -0.15) is 0 Å². The zero-order valence-corrected chi connectivity index (χ0v) is 17.7. The van der Waals surface area contributed by atoms with E-state index in [2.05, 4.69) is 15.3 Å². The lowest BCUT2D eigenvalue weighted by Crippen LogP contribution is -2.34. The summed E-state index contributed by atoms with van der Waals surface area (Å²) >= 11 is 7.19. The number of likely N-dealkylation sites (N-methyl/N-ethyl adjacent to an activating group) is 1. The van der Waals surface area contributed by atoms with Crippen molar-refractivity contribution in [1.82, 2.24) is 14.9 Å². The highest BCUT2D eigenvalue weighted by atomic mass is 35.5. The van der Waals surface area contributed by atoms with Crippen LogP contribution in [0.15, 0.2) is 24.3 Å². The zero-order valence-electron chi connectivity index (χ0n) is 16.2. The van der Waals surface area contributed by atoms with Gasteiger partial charge < -0.3 is 10.2 Å². The SMILES string of the molecule is CCc1nc(C)c2c(C)c(C(=O)N(C)CC(=O)Nc3ccc(Cl)cc3)sc2n1. The molecule has 0 aliphatic carbocycles. The molecule has 0 saturated heterocycles. The number of amides is 2. The minimum atomic E-state index is -0.277. The van der Waals surface area contributed by atoms with Gasteiger partial charge in [0.05, 0.1) is 11.4 Å². The van der Waals surface area contributed by atoms with E-state index < -0.39 is 0 Å². The fourth-order valence-corrected chi connectivity index (χ4v) is 4.32. The van der Waals surface area contributed by atoms with Crippen LogP contribution in [0.25, 0.3) is 10.2 Å². The second kappa shape index (κ2) is 8.24. The summed E-state index contributed by atoms with van der Waals surface area (Å²) in [6, 6.07) is 6.82. The van der Waals surface area contributed by atoms with Gasteiger partial charge in [-0.05, 0) is 43.7 Å². The van der Waals surface area contributed by atoms with E-state index in [1.807, 2.05) is 20.8 Å². The normalized spacial score (nSPS) is 10.9. The first-order valence-corrected chi connectivity index (χ1v) is 10.1. The quantitative estimate of drug-likeness (QED) is 0.675. The molecule has 1 N–H and O–H groups in total. The number of anilines is 1. The molecular weight excluding hydrogens is 396 g/mol. The van der Waals surface area contributed by atoms with Crippen molar-refractivity contribution < 1.29 is 9.59 Å². The van der Waals surface area contributed by atoms with Crippen molar-refractivity contribution in [2.45, 2.75) is 27.2 Å². The van der Waals surface area contributed by atoms with Gasteiger partial charge in [0.2, 0.25) is 5.91 Å². The van der Waals surface area contributed by atoms with Crippen LogP contribution in [-0.4, -0.2) is 40.3 Å². The van der Waals surface area contributed by atoms with E-state index in [0.29, 0.717) is 15.6 Å². The van der Waals surface area contributed by atoms with Gasteiger partial charge in [0.25, 0.3) is 5.91 Å². The second-order valence-corrected chi connectivity index (χ2v) is 7.97. The number of nitrogens with zero attached hydrogens (tertiary/aromatic N) is 3. The molecular formula is C20H21ClN4O2S. The Balaban J connectivity index is 1.77. The molecule has 2 heterocycles. The third kappa shape index (κ3) is 4.15. The number of fused-ring (bicyclic) bond motifs is 1. The fraction of sp³-hybridized carbons (Fsp3) is 0.300. The van der Waals surface area contributed by atoms with Crippen molar-refractivity contribution >= 4 is 50.7 Å². The maximum atomic E-state index is 12.9. The van der Waals surface area contributed by atoms with Crippen LogP contribution >= 0.6 is 22.9 Å². The number of carbonyl (C=O) groups is 2. The van der Waals surface area contributed by atoms with Crippen LogP contribution in [0.5, 0.6) is 0 Å². The number of carbonyl (C=O) groups excluding carboxylic acids is 2. The fourth-order valence-electron chi connectivity index (χ4n) is 2.95. The number of halogens is 1. The summed E-state index contributed by atoms with van der Waals surface area (Å²) in [4.78, 5) is 37.1. The molecule has 0 aliphatic rings. The molecule has 8 heteroatoms. The Morgan fingerprint density at radius 3 is 2.50 bits per heavy atom. The lowest BCUT2D eigenvalue weighted by molar-refractivity contribution is -0.116. The van der Waals surface area contributed by atoms with Gasteiger partial charge in [-0.15, -0.1) is 11.3 Å². The van der Waals surface area contributed by atoms with Gasteiger partial charge in [-0.1, -0.05) is 18.5 Å². The monoisotopic (exact) mass is 416 g/mol. The van der Waals surface area contributed by atoms with Gasteiger partial charge in [-0.25, -0.2) is 9.97 Å². The van der Waals surface area contributed by atoms with Gasteiger partial charge in [0.15, 0.2) is 0 Å². The van der Waals surface area contributed by atoms with Crippen LogP contribution in [0.4, 0.5) is 5.69 Å². The summed E-state index contributed by atoms with van der Waals surface area (Å²) in [5.74, 6) is 0.284. The van der Waals surface area contributed by atoms with E-state index in [-0.39, 0.29) is 18.4 Å². The van der Waals surface area contributed by atoms with Crippen molar-refractivity contribution in [2.24, 2.45) is 0 Å². The van der Waals surface area contributed by atoms with Crippen molar-refractivity contribution in [1.29, 1.82) is 0 Å². The Morgan fingerprint density at radius 2 is 1.86 bits per heavy atom. The highest BCUT2D eigenvalue weighted by molar-refractivity contribution is 7.20. The smallest absolute Gasteiger partial charge is 0.264 e. The number of aryl methyl sites for hydroxylation is 3. The van der Waals surface area contributed by atoms with Crippen LogP contribution in [-0.2, 0) is 11.2 Å². The van der Waals surface area contributed by atoms with Crippen LogP contribution < -0.4 is 5.32 Å². The zero-order chi connectivity index (χ0) is 20.4. The van der Waals surface area contributed by atoms with Gasteiger partial charge in [0, 0.05) is 35.3 Å². The molecule has 0 unspecified atom stereocenters. The molecule has 0 radical (unpaired) electrons. The summed E-state index contributed by atoms with van der Waals surface area (Å²) in [6.07, 6.45) is 0.738. The number of thiophene rings is 1. The van der Waals surface area contributed by atoms with Crippen LogP contribution in [0.2, 0.25) is 5.02 Å². The first-order chi connectivity index (χ1) is 13.3. The maximum absolute atomic E-state index is 12.9. The van der Waals surface area contributed by atoms with Crippen molar-refractivity contribution in [2.75, 3.05) is 18.9 Å². The van der Waals surface area contributed by atoms with Gasteiger partial charge in [0.1, 0.15) is 10.7 Å². The Labute approximate surface area is 172 Å². The Morgan fingerprint density at radius 1 is 1.18 bits per heavy atom. The lowest BCUT2D eigenvalue weighted by Gasteiger charge is -2.16. The van der Waals surface area contributed by atoms with E-state index >= 15 is 0 Å². The number of hydrogen-bond acceptors (Lipinski definition) is 5. The molecule has 0 spiro atoms. The minimum absolute atomic E-state index is 0.0555. The highest BCUT2D eigenvalue weighted by Crippen LogP contribution is 2.32. The molecule has 0 atom stereocenters. The van der Waals surface area contributed by atoms with Crippen LogP contribution in [0.1, 0.15) is 33.7 Å². The molecule has 0 fully saturated rings. The summed E-state index contributed by atoms with van der Waals surface area (Å²) in [6.45, 7) is 5.77. The minimum Gasteiger partial charge on any atom is -0.332 e.